The molecule has 2 aliphatic rings. The van der Waals surface area contributed by atoms with Crippen LogP contribution < -0.4 is 14.2 Å². The van der Waals surface area contributed by atoms with Gasteiger partial charge in [-0.15, -0.1) is 6.58 Å². The standard InChI is InChI=1S/C22H26O6/c1-7-8-14-12-22(27-6)13(2)20(28-19(22)11-16(14)23)15-9-17(24-3)21(26-5)18(10-15)25-4/h7,9-13,20H,1,8H2,2-6H3. The Kier molecular flexibility index (Phi) is 5.52. The van der Waals surface area contributed by atoms with Gasteiger partial charge >= 0.3 is 0 Å². The summed E-state index contributed by atoms with van der Waals surface area (Å²) in [6.45, 7) is 5.77. The zero-order chi connectivity index (χ0) is 20.5. The van der Waals surface area contributed by atoms with Crippen LogP contribution in [-0.4, -0.2) is 39.8 Å². The van der Waals surface area contributed by atoms with E-state index >= 15 is 0 Å². The van der Waals surface area contributed by atoms with Gasteiger partial charge in [-0.3, -0.25) is 4.79 Å². The SMILES string of the molecule is C=CCC1=CC2(OC)C(=CC1=O)OC(c1cc(OC)c(OC)c(OC)c1)C2C. The fourth-order valence-electron chi connectivity index (χ4n) is 3.95. The van der Waals surface area contributed by atoms with Crippen LogP contribution in [0.1, 0.15) is 25.0 Å². The number of fused-ring (bicyclic) bond motifs is 1. The number of allylic oxidation sites excluding steroid dienone is 3. The summed E-state index contributed by atoms with van der Waals surface area (Å²) >= 11 is 0. The summed E-state index contributed by atoms with van der Waals surface area (Å²) in [6, 6.07) is 3.72. The molecule has 6 nitrogen and oxygen atoms in total. The second-order valence-electron chi connectivity index (χ2n) is 6.82. The van der Waals surface area contributed by atoms with Crippen LogP contribution >= 0.6 is 0 Å². The van der Waals surface area contributed by atoms with Gasteiger partial charge in [0.2, 0.25) is 5.75 Å². The first-order chi connectivity index (χ1) is 13.4. The summed E-state index contributed by atoms with van der Waals surface area (Å²) in [5.74, 6) is 1.93. The van der Waals surface area contributed by atoms with Gasteiger partial charge in [0, 0.05) is 30.2 Å². The summed E-state index contributed by atoms with van der Waals surface area (Å²) in [5.41, 5.74) is 0.693. The number of hydrogen-bond acceptors (Lipinski definition) is 6. The molecular formula is C22H26O6. The largest absolute Gasteiger partial charge is 0.493 e. The first-order valence-corrected chi connectivity index (χ1v) is 9.06. The van der Waals surface area contributed by atoms with Crippen molar-refractivity contribution in [3.63, 3.8) is 0 Å². The third-order valence-electron chi connectivity index (χ3n) is 5.45. The van der Waals surface area contributed by atoms with Crippen molar-refractivity contribution in [2.24, 2.45) is 5.92 Å². The van der Waals surface area contributed by atoms with E-state index in [4.69, 9.17) is 23.7 Å². The smallest absolute Gasteiger partial charge is 0.203 e. The zero-order valence-electron chi connectivity index (χ0n) is 16.9. The van der Waals surface area contributed by atoms with Gasteiger partial charge in [0.1, 0.15) is 17.5 Å². The van der Waals surface area contributed by atoms with Crippen LogP contribution in [0.5, 0.6) is 17.2 Å². The predicted molar refractivity (Wildman–Crippen MR) is 105 cm³/mol. The second kappa shape index (κ2) is 7.72. The minimum absolute atomic E-state index is 0.0830. The molecule has 0 radical (unpaired) electrons. The molecule has 0 saturated carbocycles. The van der Waals surface area contributed by atoms with E-state index in [1.807, 2.05) is 25.1 Å². The van der Waals surface area contributed by atoms with Gasteiger partial charge in [-0.05, 0) is 24.6 Å². The average molecular weight is 386 g/mol. The number of carbonyl (C=O) groups excluding carboxylic acids is 1. The van der Waals surface area contributed by atoms with Gasteiger partial charge < -0.3 is 23.7 Å². The maximum atomic E-state index is 12.4. The molecule has 1 saturated heterocycles. The van der Waals surface area contributed by atoms with E-state index in [-0.39, 0.29) is 17.8 Å². The molecule has 0 bridgehead atoms. The molecule has 0 amide bonds. The molecule has 1 heterocycles. The van der Waals surface area contributed by atoms with Gasteiger partial charge in [0.25, 0.3) is 0 Å². The highest BCUT2D eigenvalue weighted by Crippen LogP contribution is 2.53. The summed E-state index contributed by atoms with van der Waals surface area (Å²) in [7, 11) is 6.33. The Balaban J connectivity index is 2.08. The van der Waals surface area contributed by atoms with Gasteiger partial charge in [-0.2, -0.15) is 0 Å². The van der Waals surface area contributed by atoms with Crippen LogP contribution in [0.4, 0.5) is 0 Å². The first kappa shape index (κ1) is 20.0. The lowest BCUT2D eigenvalue weighted by molar-refractivity contribution is -0.112. The number of rotatable bonds is 7. The Labute approximate surface area is 165 Å². The Morgan fingerprint density at radius 3 is 2.29 bits per heavy atom. The van der Waals surface area contributed by atoms with Crippen molar-refractivity contribution in [1.29, 1.82) is 0 Å². The number of methoxy groups -OCH3 is 4. The van der Waals surface area contributed by atoms with E-state index in [1.54, 1.807) is 34.5 Å². The van der Waals surface area contributed by atoms with Crippen molar-refractivity contribution < 1.29 is 28.5 Å². The monoisotopic (exact) mass is 386 g/mol. The van der Waals surface area contributed by atoms with Gasteiger partial charge in [0.15, 0.2) is 17.3 Å². The molecule has 0 spiro atoms. The molecule has 28 heavy (non-hydrogen) atoms. The maximum Gasteiger partial charge on any atom is 0.203 e. The van der Waals surface area contributed by atoms with Crippen LogP contribution in [0.2, 0.25) is 0 Å². The summed E-state index contributed by atoms with van der Waals surface area (Å²) in [5, 5.41) is 0. The minimum atomic E-state index is -0.808. The summed E-state index contributed by atoms with van der Waals surface area (Å²) < 4.78 is 28.5. The maximum absolute atomic E-state index is 12.4. The summed E-state index contributed by atoms with van der Waals surface area (Å²) in [4.78, 5) is 12.4. The highest BCUT2D eigenvalue weighted by molar-refractivity contribution is 6.06. The quantitative estimate of drug-likeness (QED) is 0.665. The first-order valence-electron chi connectivity index (χ1n) is 9.06. The number of ether oxygens (including phenoxy) is 5. The molecule has 6 heteroatoms. The van der Waals surface area contributed by atoms with E-state index in [0.29, 0.717) is 35.0 Å². The predicted octanol–water partition coefficient (Wildman–Crippen LogP) is 3.77. The molecular weight excluding hydrogens is 360 g/mol. The van der Waals surface area contributed by atoms with E-state index in [1.165, 1.54) is 6.08 Å². The van der Waals surface area contributed by atoms with Crippen molar-refractivity contribution in [2.75, 3.05) is 28.4 Å². The Morgan fingerprint density at radius 2 is 1.79 bits per heavy atom. The number of hydrogen-bond donors (Lipinski definition) is 0. The summed E-state index contributed by atoms with van der Waals surface area (Å²) in [6.07, 6.45) is 5.23. The van der Waals surface area contributed by atoms with Gasteiger partial charge in [0.05, 0.1) is 21.3 Å². The van der Waals surface area contributed by atoms with Crippen LogP contribution in [0.3, 0.4) is 0 Å². The van der Waals surface area contributed by atoms with Crippen LogP contribution in [0, 0.1) is 5.92 Å². The molecule has 1 aromatic rings. The van der Waals surface area contributed by atoms with Gasteiger partial charge in [-0.1, -0.05) is 13.0 Å². The molecule has 3 rings (SSSR count). The van der Waals surface area contributed by atoms with Crippen LogP contribution in [0.15, 0.2) is 48.3 Å². The van der Waals surface area contributed by atoms with E-state index < -0.39 is 5.60 Å². The fourth-order valence-corrected chi connectivity index (χ4v) is 3.95. The fraction of sp³-hybridized carbons (Fsp3) is 0.409. The van der Waals surface area contributed by atoms with E-state index in [0.717, 1.165) is 5.56 Å². The third kappa shape index (κ3) is 2.98. The normalized spacial score (nSPS) is 26.0. The molecule has 150 valence electrons. The molecule has 1 aliphatic carbocycles. The van der Waals surface area contributed by atoms with E-state index in [2.05, 4.69) is 6.58 Å². The molecule has 3 unspecified atom stereocenters. The van der Waals surface area contributed by atoms with Crippen molar-refractivity contribution in [3.05, 3.63) is 53.8 Å². The topological polar surface area (TPSA) is 63.2 Å². The molecule has 3 atom stereocenters. The highest BCUT2D eigenvalue weighted by Gasteiger charge is 2.54. The zero-order valence-corrected chi connectivity index (χ0v) is 16.9. The van der Waals surface area contributed by atoms with Gasteiger partial charge in [-0.25, -0.2) is 0 Å². The van der Waals surface area contributed by atoms with E-state index in [9.17, 15) is 4.79 Å². The molecule has 1 aliphatic heterocycles. The van der Waals surface area contributed by atoms with Crippen molar-refractivity contribution in [3.8, 4) is 17.2 Å². The molecule has 1 fully saturated rings. The number of carbonyl (C=O) groups is 1. The Morgan fingerprint density at radius 1 is 1.14 bits per heavy atom. The van der Waals surface area contributed by atoms with Crippen molar-refractivity contribution in [1.82, 2.24) is 0 Å². The highest BCUT2D eigenvalue weighted by atomic mass is 16.6. The van der Waals surface area contributed by atoms with Crippen molar-refractivity contribution >= 4 is 5.78 Å². The molecule has 1 aromatic carbocycles. The van der Waals surface area contributed by atoms with Crippen LogP contribution in [0.25, 0.3) is 0 Å². The van der Waals surface area contributed by atoms with Crippen LogP contribution in [-0.2, 0) is 14.3 Å². The minimum Gasteiger partial charge on any atom is -0.493 e. The average Bonchev–Trinajstić information content (AvgIpc) is 2.99. The lowest BCUT2D eigenvalue weighted by Crippen LogP contribution is -2.38. The number of ketones is 1. The molecule has 0 aromatic heterocycles. The Hall–Kier alpha value is -2.73. The Bertz CT molecular complexity index is 828. The lowest BCUT2D eigenvalue weighted by Gasteiger charge is -2.31. The molecule has 0 N–H and O–H groups in total. The second-order valence-corrected chi connectivity index (χ2v) is 6.82. The third-order valence-corrected chi connectivity index (χ3v) is 5.45. The lowest BCUT2D eigenvalue weighted by atomic mass is 9.78. The number of benzene rings is 1. The van der Waals surface area contributed by atoms with Crippen molar-refractivity contribution in [2.45, 2.75) is 25.0 Å².